The number of carbonyl (C=O) groups is 1. The first-order valence-electron chi connectivity index (χ1n) is 6.12. The first kappa shape index (κ1) is 15.3. The van der Waals surface area contributed by atoms with Gasteiger partial charge in [0.2, 0.25) is 0 Å². The number of carboxylic acid groups (broad SMARTS) is 1. The number of aliphatic hydroxyl groups is 1. The summed E-state index contributed by atoms with van der Waals surface area (Å²) in [5.74, 6) is -1.03. The van der Waals surface area contributed by atoms with Gasteiger partial charge in [-0.3, -0.25) is 0 Å². The SMILES string of the molecule is Cc1cc(NCCCOCCO)cc(C(=O)O)c1N. The van der Waals surface area contributed by atoms with Crippen molar-refractivity contribution in [3.63, 3.8) is 0 Å². The molecule has 0 bridgehead atoms. The lowest BCUT2D eigenvalue weighted by Crippen LogP contribution is -2.10. The van der Waals surface area contributed by atoms with E-state index in [4.69, 9.17) is 20.7 Å². The van der Waals surface area contributed by atoms with E-state index in [1.54, 1.807) is 6.92 Å². The summed E-state index contributed by atoms with van der Waals surface area (Å²) >= 11 is 0. The van der Waals surface area contributed by atoms with Gasteiger partial charge in [-0.2, -0.15) is 0 Å². The number of carboxylic acids is 1. The van der Waals surface area contributed by atoms with Crippen LogP contribution in [0.15, 0.2) is 12.1 Å². The number of rotatable bonds is 8. The van der Waals surface area contributed by atoms with Crippen LogP contribution in [0.1, 0.15) is 22.3 Å². The smallest absolute Gasteiger partial charge is 0.337 e. The zero-order valence-corrected chi connectivity index (χ0v) is 11.0. The largest absolute Gasteiger partial charge is 0.478 e. The molecule has 0 fully saturated rings. The van der Waals surface area contributed by atoms with Crippen LogP contribution in [0.4, 0.5) is 11.4 Å². The zero-order chi connectivity index (χ0) is 14.3. The second kappa shape index (κ2) is 7.60. The van der Waals surface area contributed by atoms with Crippen molar-refractivity contribution in [3.05, 3.63) is 23.3 Å². The van der Waals surface area contributed by atoms with Crippen molar-refractivity contribution in [2.75, 3.05) is 37.4 Å². The van der Waals surface area contributed by atoms with E-state index in [1.165, 1.54) is 6.07 Å². The quantitative estimate of drug-likeness (QED) is 0.415. The summed E-state index contributed by atoms with van der Waals surface area (Å²) in [5.41, 5.74) is 7.58. The number of nitrogens with one attached hydrogen (secondary N) is 1. The van der Waals surface area contributed by atoms with Crippen molar-refractivity contribution in [1.29, 1.82) is 0 Å². The predicted molar refractivity (Wildman–Crippen MR) is 73.6 cm³/mol. The fourth-order valence-corrected chi connectivity index (χ4v) is 1.65. The van der Waals surface area contributed by atoms with Gasteiger partial charge in [-0.15, -0.1) is 0 Å². The maximum atomic E-state index is 11.0. The Morgan fingerprint density at radius 1 is 1.42 bits per heavy atom. The fourth-order valence-electron chi connectivity index (χ4n) is 1.65. The highest BCUT2D eigenvalue weighted by molar-refractivity contribution is 5.95. The fraction of sp³-hybridized carbons (Fsp3) is 0.462. The normalized spacial score (nSPS) is 10.4. The van der Waals surface area contributed by atoms with Gasteiger partial charge in [0.05, 0.1) is 18.8 Å². The number of aliphatic hydroxyl groups excluding tert-OH is 1. The van der Waals surface area contributed by atoms with Crippen molar-refractivity contribution in [3.8, 4) is 0 Å². The summed E-state index contributed by atoms with van der Waals surface area (Å²) in [6.07, 6.45) is 0.770. The Labute approximate surface area is 112 Å². The van der Waals surface area contributed by atoms with Crippen LogP contribution in [0, 0.1) is 6.92 Å². The number of hydrogen-bond acceptors (Lipinski definition) is 5. The van der Waals surface area contributed by atoms with Gasteiger partial charge in [0, 0.05) is 24.5 Å². The number of ether oxygens (including phenoxy) is 1. The summed E-state index contributed by atoms with van der Waals surface area (Å²) in [6.45, 7) is 3.34. The molecule has 19 heavy (non-hydrogen) atoms. The molecule has 0 aliphatic carbocycles. The number of anilines is 2. The molecule has 0 unspecified atom stereocenters. The molecule has 106 valence electrons. The Hall–Kier alpha value is -1.79. The van der Waals surface area contributed by atoms with Crippen molar-refractivity contribution >= 4 is 17.3 Å². The Morgan fingerprint density at radius 2 is 2.16 bits per heavy atom. The molecule has 0 amide bonds. The van der Waals surface area contributed by atoms with Gasteiger partial charge < -0.3 is 26.0 Å². The van der Waals surface area contributed by atoms with Crippen LogP contribution in [0.3, 0.4) is 0 Å². The van der Waals surface area contributed by atoms with Gasteiger partial charge in [-0.25, -0.2) is 4.79 Å². The minimum absolute atomic E-state index is 0.0204. The van der Waals surface area contributed by atoms with Gasteiger partial charge in [0.25, 0.3) is 0 Å². The molecule has 0 spiro atoms. The summed E-state index contributed by atoms with van der Waals surface area (Å²) in [4.78, 5) is 11.0. The molecule has 0 radical (unpaired) electrons. The Balaban J connectivity index is 2.52. The van der Waals surface area contributed by atoms with E-state index in [0.717, 1.165) is 17.7 Å². The van der Waals surface area contributed by atoms with E-state index in [-0.39, 0.29) is 12.2 Å². The summed E-state index contributed by atoms with van der Waals surface area (Å²) < 4.78 is 5.12. The van der Waals surface area contributed by atoms with Gasteiger partial charge in [-0.05, 0) is 31.0 Å². The van der Waals surface area contributed by atoms with E-state index < -0.39 is 5.97 Å². The Morgan fingerprint density at radius 3 is 2.79 bits per heavy atom. The van der Waals surface area contributed by atoms with E-state index in [2.05, 4.69) is 5.32 Å². The highest BCUT2D eigenvalue weighted by Crippen LogP contribution is 2.22. The number of aryl methyl sites for hydroxylation is 1. The maximum Gasteiger partial charge on any atom is 0.337 e. The monoisotopic (exact) mass is 268 g/mol. The van der Waals surface area contributed by atoms with Crippen LogP contribution in [-0.4, -0.2) is 42.5 Å². The third-order valence-electron chi connectivity index (χ3n) is 2.65. The van der Waals surface area contributed by atoms with Crippen molar-refractivity contribution in [1.82, 2.24) is 0 Å². The van der Waals surface area contributed by atoms with Crippen molar-refractivity contribution < 1.29 is 19.7 Å². The average Bonchev–Trinajstić information content (AvgIpc) is 2.37. The van der Waals surface area contributed by atoms with Crippen LogP contribution >= 0.6 is 0 Å². The molecule has 5 N–H and O–H groups in total. The summed E-state index contributed by atoms with van der Waals surface area (Å²) in [5, 5.41) is 20.7. The van der Waals surface area contributed by atoms with Gasteiger partial charge in [0.1, 0.15) is 0 Å². The van der Waals surface area contributed by atoms with Crippen molar-refractivity contribution in [2.24, 2.45) is 0 Å². The maximum absolute atomic E-state index is 11.0. The molecule has 6 nitrogen and oxygen atoms in total. The summed E-state index contributed by atoms with van der Waals surface area (Å²) in [6, 6.07) is 3.34. The minimum Gasteiger partial charge on any atom is -0.478 e. The summed E-state index contributed by atoms with van der Waals surface area (Å²) in [7, 11) is 0. The molecule has 1 aromatic rings. The van der Waals surface area contributed by atoms with E-state index in [9.17, 15) is 4.79 Å². The van der Waals surface area contributed by atoms with Gasteiger partial charge >= 0.3 is 5.97 Å². The molecular weight excluding hydrogens is 248 g/mol. The molecule has 1 aromatic carbocycles. The zero-order valence-electron chi connectivity index (χ0n) is 11.0. The van der Waals surface area contributed by atoms with Crippen LogP contribution in [0.2, 0.25) is 0 Å². The Bertz CT molecular complexity index is 435. The van der Waals surface area contributed by atoms with Crippen LogP contribution < -0.4 is 11.1 Å². The highest BCUT2D eigenvalue weighted by atomic mass is 16.5. The second-order valence-corrected chi connectivity index (χ2v) is 4.18. The number of benzene rings is 1. The van der Waals surface area contributed by atoms with E-state index >= 15 is 0 Å². The predicted octanol–water partition coefficient (Wildman–Crippen LogP) is 1.09. The standard InChI is InChI=1S/C13H20N2O4/c1-9-7-10(8-11(12(9)14)13(17)18)15-3-2-5-19-6-4-16/h7-8,15-16H,2-6,14H2,1H3,(H,17,18). The molecule has 0 aliphatic rings. The first-order chi connectivity index (χ1) is 9.06. The number of aromatic carboxylic acids is 1. The molecule has 1 rings (SSSR count). The minimum atomic E-state index is -1.03. The first-order valence-corrected chi connectivity index (χ1v) is 6.12. The molecule has 0 saturated heterocycles. The van der Waals surface area contributed by atoms with E-state index in [0.29, 0.717) is 25.4 Å². The molecule has 0 heterocycles. The molecule has 6 heteroatoms. The van der Waals surface area contributed by atoms with Crippen LogP contribution in [0.25, 0.3) is 0 Å². The lowest BCUT2D eigenvalue weighted by Gasteiger charge is -2.11. The molecule has 0 atom stereocenters. The van der Waals surface area contributed by atoms with E-state index in [1.807, 2.05) is 6.07 Å². The lowest BCUT2D eigenvalue weighted by molar-refractivity contribution is 0.0698. The number of hydrogen-bond donors (Lipinski definition) is 4. The van der Waals surface area contributed by atoms with Crippen LogP contribution in [-0.2, 0) is 4.74 Å². The molecular formula is C13H20N2O4. The lowest BCUT2D eigenvalue weighted by atomic mass is 10.1. The molecule has 0 aromatic heterocycles. The third kappa shape index (κ3) is 4.76. The van der Waals surface area contributed by atoms with Crippen LogP contribution in [0.5, 0.6) is 0 Å². The molecule has 0 saturated carbocycles. The second-order valence-electron chi connectivity index (χ2n) is 4.18. The Kier molecular flexibility index (Phi) is 6.11. The van der Waals surface area contributed by atoms with Gasteiger partial charge in [0.15, 0.2) is 0 Å². The molecule has 0 aliphatic heterocycles. The average molecular weight is 268 g/mol. The highest BCUT2D eigenvalue weighted by Gasteiger charge is 2.11. The topological polar surface area (TPSA) is 105 Å². The third-order valence-corrected chi connectivity index (χ3v) is 2.65. The van der Waals surface area contributed by atoms with Gasteiger partial charge in [-0.1, -0.05) is 0 Å². The number of nitrogens with two attached hydrogens (primary N) is 1. The van der Waals surface area contributed by atoms with Crippen molar-refractivity contribution in [2.45, 2.75) is 13.3 Å². The number of nitrogen functional groups attached to an aromatic ring is 1.